The third-order valence-electron chi connectivity index (χ3n) is 2.38. The Morgan fingerprint density at radius 3 is 2.80 bits per heavy atom. The van der Waals surface area contributed by atoms with Crippen molar-refractivity contribution in [2.45, 2.75) is 32.0 Å². The number of halogens is 3. The van der Waals surface area contributed by atoms with Crippen LogP contribution in [0.15, 0.2) is 0 Å². The van der Waals surface area contributed by atoms with Gasteiger partial charge in [-0.1, -0.05) is 6.42 Å². The number of rotatable bonds is 3. The number of nitrogens with one attached hydrogen (secondary N) is 1. The van der Waals surface area contributed by atoms with Gasteiger partial charge in [-0.2, -0.15) is 0 Å². The van der Waals surface area contributed by atoms with Crippen molar-refractivity contribution < 1.29 is 22.7 Å². The molecule has 6 heteroatoms. The van der Waals surface area contributed by atoms with Crippen molar-refractivity contribution in [3.05, 3.63) is 0 Å². The summed E-state index contributed by atoms with van der Waals surface area (Å²) in [5.74, 6) is -0.492. The van der Waals surface area contributed by atoms with Gasteiger partial charge in [-0.15, -0.1) is 13.2 Å². The lowest BCUT2D eigenvalue weighted by Crippen LogP contribution is -2.30. The van der Waals surface area contributed by atoms with E-state index in [1.807, 2.05) is 0 Å². The van der Waals surface area contributed by atoms with E-state index in [2.05, 4.69) is 10.1 Å². The van der Waals surface area contributed by atoms with Gasteiger partial charge in [0.05, 0.1) is 6.61 Å². The van der Waals surface area contributed by atoms with Gasteiger partial charge in [0.1, 0.15) is 0 Å². The average Bonchev–Trinajstić information content (AvgIpc) is 2.30. The van der Waals surface area contributed by atoms with E-state index < -0.39 is 13.0 Å². The smallest absolute Gasteiger partial charge is 0.356 e. The van der Waals surface area contributed by atoms with Gasteiger partial charge in [-0.25, -0.2) is 0 Å². The minimum absolute atomic E-state index is 0.130. The second-order valence-corrected chi connectivity index (χ2v) is 3.57. The zero-order valence-electron chi connectivity index (χ0n) is 8.27. The van der Waals surface area contributed by atoms with Crippen LogP contribution in [0.5, 0.6) is 0 Å². The van der Waals surface area contributed by atoms with E-state index in [9.17, 15) is 18.0 Å². The molecule has 1 N–H and O–H groups in total. The Morgan fingerprint density at radius 1 is 1.40 bits per heavy atom. The van der Waals surface area contributed by atoms with Crippen LogP contribution in [0.4, 0.5) is 13.2 Å². The van der Waals surface area contributed by atoms with Gasteiger partial charge in [0.15, 0.2) is 0 Å². The molecule has 1 atom stereocenters. The zero-order chi connectivity index (χ0) is 11.3. The van der Waals surface area contributed by atoms with Crippen LogP contribution in [0.3, 0.4) is 0 Å². The van der Waals surface area contributed by atoms with Gasteiger partial charge in [0.25, 0.3) is 0 Å². The number of hydrogen-bond acceptors (Lipinski definition) is 2. The van der Waals surface area contributed by atoms with Gasteiger partial charge < -0.3 is 5.32 Å². The molecule has 3 nitrogen and oxygen atoms in total. The Kier molecular flexibility index (Phi) is 4.38. The van der Waals surface area contributed by atoms with Crippen LogP contribution in [0.2, 0.25) is 0 Å². The first-order chi connectivity index (χ1) is 6.99. The molecule has 88 valence electrons. The summed E-state index contributed by atoms with van der Waals surface area (Å²) in [6.07, 6.45) is -2.06. The first-order valence-corrected chi connectivity index (χ1v) is 4.97. The van der Waals surface area contributed by atoms with E-state index in [-0.39, 0.29) is 18.2 Å². The molecule has 1 aliphatic rings. The molecule has 0 bridgehead atoms. The van der Waals surface area contributed by atoms with Crippen molar-refractivity contribution >= 4 is 5.91 Å². The molecule has 0 aliphatic carbocycles. The first kappa shape index (κ1) is 12.3. The highest BCUT2D eigenvalue weighted by atomic mass is 19.4. The highest BCUT2D eigenvalue weighted by Gasteiger charge is 2.30. The lowest BCUT2D eigenvalue weighted by Gasteiger charge is -2.13. The molecule has 1 aliphatic heterocycles. The molecule has 0 saturated carbocycles. The van der Waals surface area contributed by atoms with Crippen LogP contribution in [0.1, 0.15) is 25.7 Å². The SMILES string of the molecule is O=C1NCCCCC1CCOC(F)(F)F. The summed E-state index contributed by atoms with van der Waals surface area (Å²) in [6.45, 7) is 0.178. The molecule has 0 spiro atoms. The number of alkyl halides is 3. The fourth-order valence-electron chi connectivity index (χ4n) is 1.60. The van der Waals surface area contributed by atoms with Crippen molar-refractivity contribution in [3.8, 4) is 0 Å². The summed E-state index contributed by atoms with van der Waals surface area (Å²) in [4.78, 5) is 11.3. The molecule has 0 aromatic carbocycles. The molecule has 1 fully saturated rings. The highest BCUT2D eigenvalue weighted by molar-refractivity contribution is 5.78. The summed E-state index contributed by atoms with van der Waals surface area (Å²) >= 11 is 0. The van der Waals surface area contributed by atoms with Gasteiger partial charge in [-0.05, 0) is 19.3 Å². The standard InChI is InChI=1S/C9H14F3NO2/c10-9(11,12)15-6-4-7-3-1-2-5-13-8(7)14/h7H,1-6H2,(H,13,14). The van der Waals surface area contributed by atoms with E-state index in [0.717, 1.165) is 12.8 Å². The Hall–Kier alpha value is -0.780. The summed E-state index contributed by atoms with van der Waals surface area (Å²) in [6, 6.07) is 0. The predicted molar refractivity (Wildman–Crippen MR) is 47.0 cm³/mol. The normalized spacial score (nSPS) is 23.4. The van der Waals surface area contributed by atoms with Crippen LogP contribution < -0.4 is 5.32 Å². The summed E-state index contributed by atoms with van der Waals surface area (Å²) in [5.41, 5.74) is 0. The predicted octanol–water partition coefficient (Wildman–Crippen LogP) is 1.83. The lowest BCUT2D eigenvalue weighted by molar-refractivity contribution is -0.325. The fraction of sp³-hybridized carbons (Fsp3) is 0.889. The van der Waals surface area contributed by atoms with Crippen LogP contribution in [0.25, 0.3) is 0 Å². The Bertz CT molecular complexity index is 218. The summed E-state index contributed by atoms with van der Waals surface area (Å²) < 4.78 is 38.6. The maximum absolute atomic E-state index is 11.7. The molecule has 1 heterocycles. The third-order valence-corrected chi connectivity index (χ3v) is 2.38. The topological polar surface area (TPSA) is 38.3 Å². The molecular weight excluding hydrogens is 211 g/mol. The number of carbonyl (C=O) groups excluding carboxylic acids is 1. The van der Waals surface area contributed by atoms with Crippen molar-refractivity contribution in [3.63, 3.8) is 0 Å². The molecule has 1 amide bonds. The van der Waals surface area contributed by atoms with Gasteiger partial charge in [-0.3, -0.25) is 9.53 Å². The number of carbonyl (C=O) groups is 1. The third kappa shape index (κ3) is 5.01. The van der Waals surface area contributed by atoms with Gasteiger partial charge in [0.2, 0.25) is 5.91 Å². The molecular formula is C9H14F3NO2. The maximum atomic E-state index is 11.7. The van der Waals surface area contributed by atoms with Crippen molar-refractivity contribution in [2.75, 3.05) is 13.2 Å². The maximum Gasteiger partial charge on any atom is 0.522 e. The molecule has 1 unspecified atom stereocenters. The highest BCUT2D eigenvalue weighted by Crippen LogP contribution is 2.20. The second-order valence-electron chi connectivity index (χ2n) is 3.57. The summed E-state index contributed by atoms with van der Waals surface area (Å²) in [5, 5.41) is 2.67. The minimum Gasteiger partial charge on any atom is -0.356 e. The van der Waals surface area contributed by atoms with E-state index in [1.165, 1.54) is 0 Å². The van der Waals surface area contributed by atoms with Gasteiger partial charge in [0, 0.05) is 12.5 Å². The Morgan fingerprint density at radius 2 is 2.13 bits per heavy atom. The molecule has 15 heavy (non-hydrogen) atoms. The van der Waals surface area contributed by atoms with Crippen LogP contribution in [-0.4, -0.2) is 25.4 Å². The monoisotopic (exact) mass is 225 g/mol. The van der Waals surface area contributed by atoms with Crippen molar-refractivity contribution in [2.24, 2.45) is 5.92 Å². The van der Waals surface area contributed by atoms with E-state index in [0.29, 0.717) is 13.0 Å². The largest absolute Gasteiger partial charge is 0.522 e. The van der Waals surface area contributed by atoms with Crippen LogP contribution in [-0.2, 0) is 9.53 Å². The Labute approximate surface area is 86.0 Å². The number of amides is 1. The molecule has 1 rings (SSSR count). The molecule has 0 radical (unpaired) electrons. The molecule has 0 aromatic heterocycles. The first-order valence-electron chi connectivity index (χ1n) is 4.97. The number of hydrogen-bond donors (Lipinski definition) is 1. The Balaban J connectivity index is 2.27. The van der Waals surface area contributed by atoms with Crippen LogP contribution in [0, 0.1) is 5.92 Å². The second kappa shape index (κ2) is 5.34. The average molecular weight is 225 g/mol. The van der Waals surface area contributed by atoms with E-state index >= 15 is 0 Å². The minimum atomic E-state index is -4.60. The quantitative estimate of drug-likeness (QED) is 0.795. The van der Waals surface area contributed by atoms with Crippen LogP contribution >= 0.6 is 0 Å². The van der Waals surface area contributed by atoms with Crippen molar-refractivity contribution in [1.82, 2.24) is 5.32 Å². The zero-order valence-corrected chi connectivity index (χ0v) is 8.27. The fourth-order valence-corrected chi connectivity index (χ4v) is 1.60. The van der Waals surface area contributed by atoms with Gasteiger partial charge >= 0.3 is 6.36 Å². The van der Waals surface area contributed by atoms with E-state index in [4.69, 9.17) is 0 Å². The lowest BCUT2D eigenvalue weighted by atomic mass is 9.99. The molecule has 1 saturated heterocycles. The number of ether oxygens (including phenoxy) is 1. The molecule has 0 aromatic rings. The summed E-state index contributed by atoms with van der Waals surface area (Å²) in [7, 11) is 0. The van der Waals surface area contributed by atoms with E-state index in [1.54, 1.807) is 0 Å². The van der Waals surface area contributed by atoms with Crippen molar-refractivity contribution in [1.29, 1.82) is 0 Å².